The summed E-state index contributed by atoms with van der Waals surface area (Å²) in [4.78, 5) is 4.21. The second kappa shape index (κ2) is 2.01. The molecule has 0 radical (unpaired) electrons. The minimum atomic E-state index is 1.03. The quantitative estimate of drug-likeness (QED) is 0.578. The van der Waals surface area contributed by atoms with Crippen LogP contribution in [0.5, 0.6) is 0 Å². The molecular weight excluding hydrogens is 126 g/mol. The smallest absolute Gasteiger partial charge is 0.202 e. The van der Waals surface area contributed by atoms with Gasteiger partial charge in [0.15, 0.2) is 0 Å². The lowest BCUT2D eigenvalue weighted by Gasteiger charge is -2.16. The Morgan fingerprint density at radius 3 is 3.40 bits per heavy atom. The molecule has 10 heavy (non-hydrogen) atoms. The first-order valence-electron chi connectivity index (χ1n) is 3.64. The molecule has 0 atom stereocenters. The molecule has 0 spiro atoms. The number of nitrogens with zero attached hydrogens (tertiary/aromatic N) is 2. The van der Waals surface area contributed by atoms with E-state index in [0.717, 1.165) is 19.0 Å². The van der Waals surface area contributed by atoms with E-state index in [1.807, 2.05) is 6.20 Å². The largest absolute Gasteiger partial charge is 0.356 e. The van der Waals surface area contributed by atoms with Gasteiger partial charge in [-0.1, -0.05) is 0 Å². The van der Waals surface area contributed by atoms with Crippen LogP contribution in [-0.2, 0) is 6.54 Å². The third kappa shape index (κ3) is 0.701. The van der Waals surface area contributed by atoms with Gasteiger partial charge in [-0.05, 0) is 13.3 Å². The molecule has 2 heterocycles. The van der Waals surface area contributed by atoms with Crippen LogP contribution in [0.25, 0.3) is 0 Å². The molecular formula is C7H11N3. The molecule has 0 unspecified atom stereocenters. The molecule has 54 valence electrons. The molecule has 0 bridgehead atoms. The topological polar surface area (TPSA) is 29.9 Å². The Bertz CT molecular complexity index is 239. The van der Waals surface area contributed by atoms with Gasteiger partial charge in [-0.2, -0.15) is 0 Å². The number of hydrogen-bond acceptors (Lipinski definition) is 2. The van der Waals surface area contributed by atoms with Crippen molar-refractivity contribution in [3.05, 3.63) is 11.9 Å². The monoisotopic (exact) mass is 137 g/mol. The van der Waals surface area contributed by atoms with E-state index in [9.17, 15) is 0 Å². The van der Waals surface area contributed by atoms with Crippen molar-refractivity contribution in [3.8, 4) is 0 Å². The molecule has 0 fully saturated rings. The van der Waals surface area contributed by atoms with E-state index in [-0.39, 0.29) is 0 Å². The Balaban J connectivity index is 2.45. The van der Waals surface area contributed by atoms with Gasteiger partial charge in [0.1, 0.15) is 0 Å². The SMILES string of the molecule is Cc1cnc2n1CCCN2. The van der Waals surface area contributed by atoms with Crippen molar-refractivity contribution < 1.29 is 0 Å². The molecule has 1 N–H and O–H groups in total. The van der Waals surface area contributed by atoms with Crippen molar-refractivity contribution in [1.29, 1.82) is 0 Å². The molecule has 0 aromatic carbocycles. The third-order valence-corrected chi connectivity index (χ3v) is 1.90. The summed E-state index contributed by atoms with van der Waals surface area (Å²) in [5.74, 6) is 1.03. The van der Waals surface area contributed by atoms with Crippen molar-refractivity contribution >= 4 is 5.95 Å². The summed E-state index contributed by atoms with van der Waals surface area (Å²) in [6.07, 6.45) is 3.12. The van der Waals surface area contributed by atoms with E-state index in [2.05, 4.69) is 21.8 Å². The number of anilines is 1. The molecule has 0 amide bonds. The fourth-order valence-corrected chi connectivity index (χ4v) is 1.32. The summed E-state index contributed by atoms with van der Waals surface area (Å²) in [6, 6.07) is 0. The maximum absolute atomic E-state index is 4.21. The van der Waals surface area contributed by atoms with Gasteiger partial charge in [-0.3, -0.25) is 0 Å². The first kappa shape index (κ1) is 5.77. The third-order valence-electron chi connectivity index (χ3n) is 1.90. The van der Waals surface area contributed by atoms with Crippen molar-refractivity contribution in [2.24, 2.45) is 0 Å². The van der Waals surface area contributed by atoms with E-state index in [0.29, 0.717) is 0 Å². The van der Waals surface area contributed by atoms with Crippen LogP contribution in [0.15, 0.2) is 6.20 Å². The van der Waals surface area contributed by atoms with Crippen LogP contribution in [0.3, 0.4) is 0 Å². The summed E-state index contributed by atoms with van der Waals surface area (Å²) in [5, 5.41) is 3.24. The minimum Gasteiger partial charge on any atom is -0.356 e. The predicted octanol–water partition coefficient (Wildman–Crippen LogP) is 1.01. The van der Waals surface area contributed by atoms with Crippen molar-refractivity contribution in [1.82, 2.24) is 9.55 Å². The molecule has 0 saturated carbocycles. The van der Waals surface area contributed by atoms with E-state index in [1.54, 1.807) is 0 Å². The van der Waals surface area contributed by atoms with Crippen molar-refractivity contribution in [3.63, 3.8) is 0 Å². The van der Waals surface area contributed by atoms with Gasteiger partial charge in [0, 0.05) is 18.8 Å². The number of hydrogen-bond donors (Lipinski definition) is 1. The molecule has 1 aromatic rings. The Hall–Kier alpha value is -0.990. The van der Waals surface area contributed by atoms with Gasteiger partial charge in [-0.15, -0.1) is 0 Å². The Morgan fingerprint density at radius 2 is 2.60 bits per heavy atom. The first-order chi connectivity index (χ1) is 4.88. The van der Waals surface area contributed by atoms with Crippen molar-refractivity contribution in [2.45, 2.75) is 19.9 Å². The predicted molar refractivity (Wildman–Crippen MR) is 40.1 cm³/mol. The first-order valence-corrected chi connectivity index (χ1v) is 3.64. The molecule has 1 aromatic heterocycles. The highest BCUT2D eigenvalue weighted by Gasteiger charge is 2.09. The van der Waals surface area contributed by atoms with Gasteiger partial charge in [0.2, 0.25) is 5.95 Å². The van der Waals surface area contributed by atoms with Gasteiger partial charge in [0.05, 0.1) is 6.20 Å². The van der Waals surface area contributed by atoms with E-state index in [4.69, 9.17) is 0 Å². The van der Waals surface area contributed by atoms with Gasteiger partial charge in [-0.25, -0.2) is 4.98 Å². The number of imidazole rings is 1. The number of nitrogens with one attached hydrogen (secondary N) is 1. The van der Waals surface area contributed by atoms with Crippen LogP contribution in [0.1, 0.15) is 12.1 Å². The minimum absolute atomic E-state index is 1.03. The normalized spacial score (nSPS) is 16.1. The highest BCUT2D eigenvalue weighted by atomic mass is 15.2. The van der Waals surface area contributed by atoms with E-state index >= 15 is 0 Å². The van der Waals surface area contributed by atoms with Crippen LogP contribution in [0.2, 0.25) is 0 Å². The van der Waals surface area contributed by atoms with E-state index in [1.165, 1.54) is 12.1 Å². The molecule has 1 aliphatic heterocycles. The van der Waals surface area contributed by atoms with Crippen molar-refractivity contribution in [2.75, 3.05) is 11.9 Å². The lowest BCUT2D eigenvalue weighted by molar-refractivity contribution is 0.615. The number of fused-ring (bicyclic) bond motifs is 1. The van der Waals surface area contributed by atoms with E-state index < -0.39 is 0 Å². The lowest BCUT2D eigenvalue weighted by Crippen LogP contribution is -2.17. The fourth-order valence-electron chi connectivity index (χ4n) is 1.32. The summed E-state index contributed by atoms with van der Waals surface area (Å²) in [7, 11) is 0. The second-order valence-electron chi connectivity index (χ2n) is 2.66. The molecule has 3 nitrogen and oxygen atoms in total. The standard InChI is InChI=1S/C7H11N3/c1-6-5-9-7-8-3-2-4-10(6)7/h5H,2-4H2,1H3,(H,8,9). The summed E-state index contributed by atoms with van der Waals surface area (Å²) in [5.41, 5.74) is 1.25. The summed E-state index contributed by atoms with van der Waals surface area (Å²) < 4.78 is 2.21. The van der Waals surface area contributed by atoms with Gasteiger partial charge < -0.3 is 9.88 Å². The maximum atomic E-state index is 4.21. The highest BCUT2D eigenvalue weighted by Crippen LogP contribution is 2.13. The van der Waals surface area contributed by atoms with Crippen LogP contribution in [-0.4, -0.2) is 16.1 Å². The fraction of sp³-hybridized carbons (Fsp3) is 0.571. The Kier molecular flexibility index (Phi) is 1.16. The maximum Gasteiger partial charge on any atom is 0.202 e. The molecule has 3 heteroatoms. The summed E-state index contributed by atoms with van der Waals surface area (Å²) >= 11 is 0. The Morgan fingerprint density at radius 1 is 1.70 bits per heavy atom. The molecule has 2 rings (SSSR count). The van der Waals surface area contributed by atoms with Gasteiger partial charge in [0.25, 0.3) is 0 Å². The zero-order valence-corrected chi connectivity index (χ0v) is 6.09. The average Bonchev–Trinajstić information content (AvgIpc) is 2.34. The van der Waals surface area contributed by atoms with Crippen LogP contribution >= 0.6 is 0 Å². The Labute approximate surface area is 60.1 Å². The van der Waals surface area contributed by atoms with Crippen LogP contribution in [0.4, 0.5) is 5.95 Å². The lowest BCUT2D eigenvalue weighted by atomic mass is 10.3. The molecule has 0 aliphatic carbocycles. The molecule has 1 aliphatic rings. The summed E-state index contributed by atoms with van der Waals surface area (Å²) in [6.45, 7) is 4.27. The number of rotatable bonds is 0. The van der Waals surface area contributed by atoms with Crippen LogP contribution in [0, 0.1) is 6.92 Å². The zero-order valence-electron chi connectivity index (χ0n) is 6.09. The number of aryl methyl sites for hydroxylation is 1. The molecule has 0 saturated heterocycles. The van der Waals surface area contributed by atoms with Gasteiger partial charge >= 0.3 is 0 Å². The highest BCUT2D eigenvalue weighted by molar-refractivity contribution is 5.30. The number of aromatic nitrogens is 2. The van der Waals surface area contributed by atoms with Crippen LogP contribution < -0.4 is 5.32 Å². The average molecular weight is 137 g/mol. The second-order valence-corrected chi connectivity index (χ2v) is 2.66. The zero-order chi connectivity index (χ0) is 6.97.